The fourth-order valence-electron chi connectivity index (χ4n) is 1.68. The zero-order chi connectivity index (χ0) is 12.6. The summed E-state index contributed by atoms with van der Waals surface area (Å²) in [7, 11) is 0. The fraction of sp³-hybridized carbons (Fsp3) is 0.308. The highest BCUT2D eigenvalue weighted by Crippen LogP contribution is 2.32. The molecule has 0 saturated carbocycles. The van der Waals surface area contributed by atoms with Crippen LogP contribution in [0.3, 0.4) is 0 Å². The number of hydrogen-bond acceptors (Lipinski definition) is 3. The van der Waals surface area contributed by atoms with E-state index in [1.807, 2.05) is 26.0 Å². The Balaban J connectivity index is 2.48. The van der Waals surface area contributed by atoms with Crippen molar-refractivity contribution in [3.05, 3.63) is 29.5 Å². The number of hydrogen-bond donors (Lipinski definition) is 1. The molecule has 1 heterocycles. The third-order valence-corrected chi connectivity index (χ3v) is 2.87. The number of ether oxygens (including phenoxy) is 1. The average Bonchev–Trinajstić information content (AvgIpc) is 2.57. The summed E-state index contributed by atoms with van der Waals surface area (Å²) in [6, 6.07) is 5.60. The molecule has 0 aliphatic heterocycles. The summed E-state index contributed by atoms with van der Waals surface area (Å²) >= 11 is 0. The lowest BCUT2D eigenvalue weighted by molar-refractivity contribution is -0.123. The van der Waals surface area contributed by atoms with Gasteiger partial charge in [-0.25, -0.2) is 0 Å². The second-order valence-corrected chi connectivity index (χ2v) is 4.08. The van der Waals surface area contributed by atoms with Crippen LogP contribution in [0.25, 0.3) is 11.0 Å². The Kier molecular flexibility index (Phi) is 2.79. The third kappa shape index (κ3) is 1.98. The Morgan fingerprint density at radius 3 is 2.76 bits per heavy atom. The SMILES string of the molecule is Cc1oc2c(OC(C)C(N)=O)cccc2c1C. The topological polar surface area (TPSA) is 65.5 Å². The number of para-hydroxylation sites is 1. The van der Waals surface area contributed by atoms with E-state index in [1.165, 1.54) is 0 Å². The Labute approximate surface area is 99.3 Å². The van der Waals surface area contributed by atoms with Crippen LogP contribution in [0.1, 0.15) is 18.2 Å². The highest BCUT2D eigenvalue weighted by atomic mass is 16.5. The zero-order valence-corrected chi connectivity index (χ0v) is 10.1. The largest absolute Gasteiger partial charge is 0.477 e. The molecular formula is C13H15NO3. The molecule has 4 nitrogen and oxygen atoms in total. The summed E-state index contributed by atoms with van der Waals surface area (Å²) in [6.07, 6.45) is -0.675. The minimum absolute atomic E-state index is 0.498. The van der Waals surface area contributed by atoms with Gasteiger partial charge in [-0.3, -0.25) is 4.79 Å². The molecule has 4 heteroatoms. The van der Waals surface area contributed by atoms with Crippen molar-refractivity contribution in [2.75, 3.05) is 0 Å². The molecule has 2 aromatic rings. The molecule has 0 aliphatic carbocycles. The highest BCUT2D eigenvalue weighted by Gasteiger charge is 2.16. The summed E-state index contributed by atoms with van der Waals surface area (Å²) in [5, 5.41) is 0.997. The molecule has 1 aromatic carbocycles. The van der Waals surface area contributed by atoms with Gasteiger partial charge in [-0.15, -0.1) is 0 Å². The van der Waals surface area contributed by atoms with Crippen molar-refractivity contribution in [1.29, 1.82) is 0 Å². The second kappa shape index (κ2) is 4.13. The molecule has 2 rings (SSSR count). The van der Waals surface area contributed by atoms with Gasteiger partial charge in [0.25, 0.3) is 5.91 Å². The molecule has 1 aromatic heterocycles. The van der Waals surface area contributed by atoms with Gasteiger partial charge in [0.2, 0.25) is 0 Å². The van der Waals surface area contributed by atoms with Gasteiger partial charge >= 0.3 is 0 Å². The predicted octanol–water partition coefficient (Wildman–Crippen LogP) is 2.30. The molecule has 2 N–H and O–H groups in total. The van der Waals surface area contributed by atoms with Crippen molar-refractivity contribution < 1.29 is 13.9 Å². The van der Waals surface area contributed by atoms with E-state index in [4.69, 9.17) is 14.9 Å². The molecule has 17 heavy (non-hydrogen) atoms. The van der Waals surface area contributed by atoms with Crippen molar-refractivity contribution in [1.82, 2.24) is 0 Å². The molecular weight excluding hydrogens is 218 g/mol. The van der Waals surface area contributed by atoms with Crippen LogP contribution in [0.4, 0.5) is 0 Å². The number of carbonyl (C=O) groups is 1. The first-order valence-electron chi connectivity index (χ1n) is 5.45. The summed E-state index contributed by atoms with van der Waals surface area (Å²) in [4.78, 5) is 11.0. The molecule has 1 amide bonds. The number of amides is 1. The summed E-state index contributed by atoms with van der Waals surface area (Å²) in [6.45, 7) is 5.50. The van der Waals surface area contributed by atoms with Gasteiger partial charge < -0.3 is 14.9 Å². The predicted molar refractivity (Wildman–Crippen MR) is 65.0 cm³/mol. The van der Waals surface area contributed by atoms with Crippen molar-refractivity contribution in [3.63, 3.8) is 0 Å². The van der Waals surface area contributed by atoms with Crippen molar-refractivity contribution in [2.24, 2.45) is 5.73 Å². The van der Waals surface area contributed by atoms with Crippen LogP contribution in [0.15, 0.2) is 22.6 Å². The Morgan fingerprint density at radius 1 is 1.41 bits per heavy atom. The molecule has 0 saturated heterocycles. The lowest BCUT2D eigenvalue weighted by Crippen LogP contribution is -2.30. The van der Waals surface area contributed by atoms with Crippen molar-refractivity contribution in [2.45, 2.75) is 26.9 Å². The van der Waals surface area contributed by atoms with E-state index in [2.05, 4.69) is 0 Å². The van der Waals surface area contributed by atoms with Crippen LogP contribution in [0.2, 0.25) is 0 Å². The van der Waals surface area contributed by atoms with E-state index >= 15 is 0 Å². The number of carbonyl (C=O) groups excluding carboxylic acids is 1. The molecule has 90 valence electrons. The van der Waals surface area contributed by atoms with E-state index in [9.17, 15) is 4.79 Å². The Morgan fingerprint density at radius 2 is 2.12 bits per heavy atom. The van der Waals surface area contributed by atoms with Crippen molar-refractivity contribution >= 4 is 16.9 Å². The monoisotopic (exact) mass is 233 g/mol. The second-order valence-electron chi connectivity index (χ2n) is 4.08. The molecule has 0 bridgehead atoms. The molecule has 0 aliphatic rings. The van der Waals surface area contributed by atoms with Crippen molar-refractivity contribution in [3.8, 4) is 5.75 Å². The van der Waals surface area contributed by atoms with Gasteiger partial charge in [-0.05, 0) is 32.4 Å². The maximum atomic E-state index is 11.0. The van der Waals surface area contributed by atoms with E-state index in [1.54, 1.807) is 13.0 Å². The molecule has 0 spiro atoms. The van der Waals surface area contributed by atoms with Crippen LogP contribution in [0, 0.1) is 13.8 Å². The average molecular weight is 233 g/mol. The van der Waals surface area contributed by atoms with Crippen LogP contribution < -0.4 is 10.5 Å². The normalized spacial score (nSPS) is 12.6. The van der Waals surface area contributed by atoms with Crippen LogP contribution in [0.5, 0.6) is 5.75 Å². The standard InChI is InChI=1S/C13H15NO3/c1-7-8(2)17-12-10(7)5-4-6-11(12)16-9(3)13(14)15/h4-6,9H,1-3H3,(H2,14,15). The van der Waals surface area contributed by atoms with Gasteiger partial charge in [-0.2, -0.15) is 0 Å². The molecule has 1 unspecified atom stereocenters. The number of furan rings is 1. The van der Waals surface area contributed by atoms with E-state index in [-0.39, 0.29) is 0 Å². The minimum atomic E-state index is -0.675. The summed E-state index contributed by atoms with van der Waals surface area (Å²) < 4.78 is 11.1. The first kappa shape index (κ1) is 11.5. The van der Waals surface area contributed by atoms with Crippen LogP contribution >= 0.6 is 0 Å². The third-order valence-electron chi connectivity index (χ3n) is 2.87. The lowest BCUT2D eigenvalue weighted by Gasteiger charge is -2.11. The number of nitrogens with two attached hydrogens (primary N) is 1. The maximum absolute atomic E-state index is 11.0. The van der Waals surface area contributed by atoms with Gasteiger partial charge in [0.05, 0.1) is 0 Å². The molecule has 0 fully saturated rings. The van der Waals surface area contributed by atoms with Gasteiger partial charge in [0.15, 0.2) is 17.4 Å². The number of rotatable bonds is 3. The van der Waals surface area contributed by atoms with Gasteiger partial charge in [-0.1, -0.05) is 12.1 Å². The van der Waals surface area contributed by atoms with Gasteiger partial charge in [0, 0.05) is 5.39 Å². The summed E-state index contributed by atoms with van der Waals surface area (Å²) in [5.41, 5.74) is 6.91. The van der Waals surface area contributed by atoms with Crippen LogP contribution in [-0.2, 0) is 4.79 Å². The smallest absolute Gasteiger partial charge is 0.258 e. The van der Waals surface area contributed by atoms with E-state index in [0.717, 1.165) is 16.7 Å². The van der Waals surface area contributed by atoms with E-state index < -0.39 is 12.0 Å². The quantitative estimate of drug-likeness (QED) is 0.884. The molecule has 1 atom stereocenters. The first-order chi connectivity index (χ1) is 8.00. The maximum Gasteiger partial charge on any atom is 0.258 e. The highest BCUT2D eigenvalue weighted by molar-refractivity contribution is 5.87. The van der Waals surface area contributed by atoms with Crippen LogP contribution in [-0.4, -0.2) is 12.0 Å². The number of aryl methyl sites for hydroxylation is 2. The Bertz CT molecular complexity index is 571. The number of primary amides is 1. The minimum Gasteiger partial charge on any atom is -0.477 e. The zero-order valence-electron chi connectivity index (χ0n) is 10.1. The van der Waals surface area contributed by atoms with E-state index in [0.29, 0.717) is 11.3 Å². The molecule has 0 radical (unpaired) electrons. The number of benzene rings is 1. The van der Waals surface area contributed by atoms with Gasteiger partial charge in [0.1, 0.15) is 5.76 Å². The lowest BCUT2D eigenvalue weighted by atomic mass is 10.1. The fourth-order valence-corrected chi connectivity index (χ4v) is 1.68. The first-order valence-corrected chi connectivity index (χ1v) is 5.45. The Hall–Kier alpha value is -1.97. The number of fused-ring (bicyclic) bond motifs is 1. The summed E-state index contributed by atoms with van der Waals surface area (Å²) in [5.74, 6) is 0.898.